The fourth-order valence-corrected chi connectivity index (χ4v) is 2.77. The molecule has 0 aromatic carbocycles. The number of methoxy groups -OCH3 is 1. The smallest absolute Gasteiger partial charge is 0.293 e. The zero-order valence-electron chi connectivity index (χ0n) is 14.3. The number of ether oxygens (including phenoxy) is 2. The zero-order chi connectivity index (χ0) is 17.8. The molecule has 136 valence electrons. The van der Waals surface area contributed by atoms with Crippen molar-refractivity contribution in [3.05, 3.63) is 41.8 Å². The number of furan rings is 1. The van der Waals surface area contributed by atoms with E-state index in [9.17, 15) is 0 Å². The molecule has 0 unspecified atom stereocenters. The van der Waals surface area contributed by atoms with Gasteiger partial charge < -0.3 is 23.7 Å². The number of hydrogen-bond donors (Lipinski definition) is 1. The fourth-order valence-electron chi connectivity index (χ4n) is 2.77. The maximum Gasteiger partial charge on any atom is 0.293 e. The van der Waals surface area contributed by atoms with Gasteiger partial charge in [-0.05, 0) is 18.6 Å². The van der Waals surface area contributed by atoms with Crippen LogP contribution in [0.2, 0.25) is 0 Å². The summed E-state index contributed by atoms with van der Waals surface area (Å²) in [5, 5.41) is 7.17. The Bertz CT molecular complexity index is 843. The molecule has 0 saturated carbocycles. The van der Waals surface area contributed by atoms with Gasteiger partial charge in [-0.1, -0.05) is 5.16 Å². The van der Waals surface area contributed by atoms with Crippen molar-refractivity contribution < 1.29 is 18.4 Å². The lowest BCUT2D eigenvalue weighted by Gasteiger charge is -2.12. The molecule has 4 rings (SSSR count). The minimum absolute atomic E-state index is 0.282. The van der Waals surface area contributed by atoms with Crippen LogP contribution in [0.4, 0.5) is 5.82 Å². The molecule has 0 amide bonds. The molecule has 0 bridgehead atoms. The number of anilines is 1. The van der Waals surface area contributed by atoms with E-state index < -0.39 is 0 Å². The van der Waals surface area contributed by atoms with E-state index in [0.29, 0.717) is 48.9 Å². The predicted octanol–water partition coefficient (Wildman–Crippen LogP) is 2.38. The van der Waals surface area contributed by atoms with Crippen LogP contribution in [0, 0.1) is 0 Å². The summed E-state index contributed by atoms with van der Waals surface area (Å²) in [6, 6.07) is 5.47. The van der Waals surface area contributed by atoms with E-state index in [1.54, 1.807) is 25.5 Å². The van der Waals surface area contributed by atoms with Gasteiger partial charge in [0, 0.05) is 25.7 Å². The second kappa shape index (κ2) is 7.63. The van der Waals surface area contributed by atoms with Crippen molar-refractivity contribution in [2.45, 2.75) is 25.5 Å². The minimum Gasteiger partial charge on any atom is -0.459 e. The average molecular weight is 357 g/mol. The lowest BCUT2D eigenvalue weighted by atomic mass is 10.0. The van der Waals surface area contributed by atoms with Crippen molar-refractivity contribution >= 4 is 5.82 Å². The zero-order valence-corrected chi connectivity index (χ0v) is 14.3. The van der Waals surface area contributed by atoms with Gasteiger partial charge in [-0.2, -0.15) is 4.98 Å². The maximum atomic E-state index is 5.47. The van der Waals surface area contributed by atoms with Crippen LogP contribution in [-0.4, -0.2) is 40.4 Å². The molecule has 9 nitrogen and oxygen atoms in total. The highest BCUT2D eigenvalue weighted by Gasteiger charge is 2.21. The molecule has 1 atom stereocenters. The first kappa shape index (κ1) is 16.7. The second-order valence-electron chi connectivity index (χ2n) is 5.93. The molecule has 3 aromatic rings. The van der Waals surface area contributed by atoms with Crippen molar-refractivity contribution in [2.75, 3.05) is 25.6 Å². The summed E-state index contributed by atoms with van der Waals surface area (Å²) < 4.78 is 21.1. The van der Waals surface area contributed by atoms with Crippen molar-refractivity contribution in [1.29, 1.82) is 0 Å². The molecule has 1 aliphatic heterocycles. The molecule has 0 spiro atoms. The van der Waals surface area contributed by atoms with Crippen molar-refractivity contribution in [2.24, 2.45) is 0 Å². The third kappa shape index (κ3) is 3.73. The Morgan fingerprint density at radius 1 is 1.27 bits per heavy atom. The summed E-state index contributed by atoms with van der Waals surface area (Å²) in [5.41, 5.74) is 0.955. The summed E-state index contributed by atoms with van der Waals surface area (Å²) in [7, 11) is 1.62. The third-order valence-electron chi connectivity index (χ3n) is 4.04. The average Bonchev–Trinajstić information content (AvgIpc) is 3.42. The van der Waals surface area contributed by atoms with E-state index >= 15 is 0 Å². The summed E-state index contributed by atoms with van der Waals surface area (Å²) in [6.45, 7) is 2.16. The van der Waals surface area contributed by atoms with Gasteiger partial charge in [0.2, 0.25) is 0 Å². The number of nitrogens with zero attached hydrogens (tertiary/aromatic N) is 4. The van der Waals surface area contributed by atoms with Gasteiger partial charge in [0.15, 0.2) is 17.4 Å². The van der Waals surface area contributed by atoms with Crippen LogP contribution in [0.5, 0.6) is 0 Å². The third-order valence-corrected chi connectivity index (χ3v) is 4.04. The summed E-state index contributed by atoms with van der Waals surface area (Å²) in [4.78, 5) is 13.4. The molecule has 1 N–H and O–H groups in total. The Morgan fingerprint density at radius 3 is 3.00 bits per heavy atom. The summed E-state index contributed by atoms with van der Waals surface area (Å²) in [5.74, 6) is 3.00. The molecule has 1 fully saturated rings. The standard InChI is InChI=1S/C17H19N5O4/c1-23-10-16-19-12(11-4-6-24-9-11)7-14(20-16)18-8-15-21-17(26-22-15)13-3-2-5-25-13/h2-3,5,7,11H,4,6,8-10H2,1H3,(H,18,19,20)/t11-/m1/s1. The van der Waals surface area contributed by atoms with Crippen molar-refractivity contribution in [3.63, 3.8) is 0 Å². The first-order valence-corrected chi connectivity index (χ1v) is 8.36. The van der Waals surface area contributed by atoms with Crippen LogP contribution < -0.4 is 5.32 Å². The van der Waals surface area contributed by atoms with Crippen LogP contribution in [0.1, 0.15) is 29.7 Å². The predicted molar refractivity (Wildman–Crippen MR) is 90.2 cm³/mol. The second-order valence-corrected chi connectivity index (χ2v) is 5.93. The largest absolute Gasteiger partial charge is 0.459 e. The van der Waals surface area contributed by atoms with Gasteiger partial charge in [-0.25, -0.2) is 9.97 Å². The van der Waals surface area contributed by atoms with Crippen LogP contribution in [0.25, 0.3) is 11.7 Å². The molecule has 1 saturated heterocycles. The number of aromatic nitrogens is 4. The van der Waals surface area contributed by atoms with Crippen molar-refractivity contribution in [1.82, 2.24) is 20.1 Å². The van der Waals surface area contributed by atoms with Gasteiger partial charge in [0.25, 0.3) is 5.89 Å². The van der Waals surface area contributed by atoms with E-state index in [1.807, 2.05) is 6.07 Å². The van der Waals surface area contributed by atoms with Gasteiger partial charge in [-0.3, -0.25) is 0 Å². The molecular formula is C17H19N5O4. The summed E-state index contributed by atoms with van der Waals surface area (Å²) in [6.07, 6.45) is 2.52. The van der Waals surface area contributed by atoms with Crippen LogP contribution in [0.3, 0.4) is 0 Å². The maximum absolute atomic E-state index is 5.47. The molecule has 0 radical (unpaired) electrons. The highest BCUT2D eigenvalue weighted by Crippen LogP contribution is 2.25. The molecule has 26 heavy (non-hydrogen) atoms. The minimum atomic E-state index is 0.282. The number of nitrogens with one attached hydrogen (secondary N) is 1. The highest BCUT2D eigenvalue weighted by molar-refractivity contribution is 5.43. The van der Waals surface area contributed by atoms with Crippen molar-refractivity contribution in [3.8, 4) is 11.7 Å². The van der Waals surface area contributed by atoms with E-state index in [0.717, 1.165) is 18.7 Å². The van der Waals surface area contributed by atoms with Crippen LogP contribution in [-0.2, 0) is 22.6 Å². The van der Waals surface area contributed by atoms with E-state index in [2.05, 4.69) is 25.4 Å². The lowest BCUT2D eigenvalue weighted by molar-refractivity contribution is 0.177. The molecular weight excluding hydrogens is 338 g/mol. The molecule has 9 heteroatoms. The Labute approximate surface area is 149 Å². The lowest BCUT2D eigenvalue weighted by Crippen LogP contribution is -2.10. The molecule has 0 aliphatic carbocycles. The van der Waals surface area contributed by atoms with E-state index in [-0.39, 0.29) is 5.92 Å². The Kier molecular flexibility index (Phi) is 4.89. The fraction of sp³-hybridized carbons (Fsp3) is 0.412. The molecule has 4 heterocycles. The normalized spacial score (nSPS) is 16.9. The Morgan fingerprint density at radius 2 is 2.23 bits per heavy atom. The van der Waals surface area contributed by atoms with Gasteiger partial charge in [0.1, 0.15) is 12.4 Å². The van der Waals surface area contributed by atoms with E-state index in [4.69, 9.17) is 18.4 Å². The molecule has 3 aromatic heterocycles. The topological polar surface area (TPSA) is 108 Å². The Hall–Kier alpha value is -2.78. The SMILES string of the molecule is COCc1nc(NCc2noc(-c3ccco3)n2)cc([C@@H]2CCOC2)n1. The molecule has 1 aliphatic rings. The van der Waals surface area contributed by atoms with E-state index in [1.165, 1.54) is 0 Å². The van der Waals surface area contributed by atoms with Crippen LogP contribution in [0.15, 0.2) is 33.4 Å². The number of hydrogen-bond acceptors (Lipinski definition) is 9. The van der Waals surface area contributed by atoms with Gasteiger partial charge >= 0.3 is 0 Å². The monoisotopic (exact) mass is 357 g/mol. The highest BCUT2D eigenvalue weighted by atomic mass is 16.5. The first-order chi connectivity index (χ1) is 12.8. The summed E-state index contributed by atoms with van der Waals surface area (Å²) >= 11 is 0. The van der Waals surface area contributed by atoms with Crippen LogP contribution >= 0.6 is 0 Å². The van der Waals surface area contributed by atoms with Gasteiger partial charge in [-0.15, -0.1) is 0 Å². The quantitative estimate of drug-likeness (QED) is 0.681. The Balaban J connectivity index is 1.48. The number of rotatable bonds is 7. The van der Waals surface area contributed by atoms with Gasteiger partial charge in [0.05, 0.1) is 25.1 Å². The first-order valence-electron chi connectivity index (χ1n) is 8.36.